The fourth-order valence-electron chi connectivity index (χ4n) is 4.31. The van der Waals surface area contributed by atoms with E-state index in [4.69, 9.17) is 0 Å². The lowest BCUT2D eigenvalue weighted by Crippen LogP contribution is -2.31. The number of methoxy groups -OCH3 is 1. The van der Waals surface area contributed by atoms with E-state index in [1.54, 1.807) is 24.0 Å². The minimum absolute atomic E-state index is 0.148. The third kappa shape index (κ3) is 5.40. The Balaban J connectivity index is 1.61. The molecule has 0 unspecified atom stereocenters. The number of halogens is 3. The number of rotatable bonds is 7. The van der Waals surface area contributed by atoms with Gasteiger partial charge in [0.05, 0.1) is 25.3 Å². The third-order valence-electron chi connectivity index (χ3n) is 6.31. The van der Waals surface area contributed by atoms with Gasteiger partial charge in [0.2, 0.25) is 0 Å². The van der Waals surface area contributed by atoms with E-state index in [1.165, 1.54) is 23.9 Å². The van der Waals surface area contributed by atoms with Crippen LogP contribution in [0.15, 0.2) is 48.5 Å². The van der Waals surface area contributed by atoms with Crippen molar-refractivity contribution < 1.29 is 27.5 Å². The van der Waals surface area contributed by atoms with E-state index >= 15 is 0 Å². The van der Waals surface area contributed by atoms with Crippen LogP contribution < -0.4 is 15.1 Å². The van der Waals surface area contributed by atoms with Crippen molar-refractivity contribution in [2.24, 2.45) is 0 Å². The Morgan fingerprint density at radius 2 is 1.73 bits per heavy atom. The van der Waals surface area contributed by atoms with Crippen LogP contribution in [0.2, 0.25) is 0 Å². The average Bonchev–Trinajstić information content (AvgIpc) is 3.44. The van der Waals surface area contributed by atoms with Gasteiger partial charge >= 0.3 is 12.1 Å². The summed E-state index contributed by atoms with van der Waals surface area (Å²) in [6, 6.07) is 13.4. The number of hydrogen-bond donors (Lipinski definition) is 1. The van der Waals surface area contributed by atoms with Crippen LogP contribution in [0.25, 0.3) is 0 Å². The SMILES string of the molecule is COC(=O)c1ccc([C@H](C)NC(=O)c2c(C(F)(F)F)nn3c2N(Cc2ccc(N(C)C)cc2)CC3)cc1. The lowest BCUT2D eigenvalue weighted by Gasteiger charge is -2.21. The topological polar surface area (TPSA) is 79.7 Å². The summed E-state index contributed by atoms with van der Waals surface area (Å²) >= 11 is 0. The van der Waals surface area contributed by atoms with Crippen LogP contribution in [0, 0.1) is 0 Å². The van der Waals surface area contributed by atoms with E-state index in [0.717, 1.165) is 11.3 Å². The van der Waals surface area contributed by atoms with Crippen LogP contribution in [0.4, 0.5) is 24.7 Å². The highest BCUT2D eigenvalue weighted by Crippen LogP contribution is 2.38. The van der Waals surface area contributed by atoms with Gasteiger partial charge in [-0.1, -0.05) is 24.3 Å². The van der Waals surface area contributed by atoms with Crippen LogP contribution >= 0.6 is 0 Å². The van der Waals surface area contributed by atoms with Gasteiger partial charge < -0.3 is 19.9 Å². The first-order valence-corrected chi connectivity index (χ1v) is 11.7. The maximum atomic E-state index is 13.9. The number of anilines is 2. The monoisotopic (exact) mass is 515 g/mol. The van der Waals surface area contributed by atoms with Crippen molar-refractivity contribution in [3.05, 3.63) is 76.5 Å². The fourth-order valence-corrected chi connectivity index (χ4v) is 4.31. The molecule has 0 bridgehead atoms. The first kappa shape index (κ1) is 26.1. The van der Waals surface area contributed by atoms with Gasteiger partial charge in [-0.05, 0) is 42.3 Å². The largest absolute Gasteiger partial charge is 0.465 e. The van der Waals surface area contributed by atoms with Gasteiger partial charge in [0.15, 0.2) is 5.69 Å². The number of alkyl halides is 3. The van der Waals surface area contributed by atoms with Gasteiger partial charge in [-0.3, -0.25) is 4.79 Å². The van der Waals surface area contributed by atoms with Crippen LogP contribution in [-0.2, 0) is 24.0 Å². The normalized spacial score (nSPS) is 13.8. The molecule has 1 atom stereocenters. The molecule has 1 amide bonds. The molecule has 1 aromatic heterocycles. The molecule has 1 aliphatic heterocycles. The number of fused-ring (bicyclic) bond motifs is 1. The lowest BCUT2D eigenvalue weighted by molar-refractivity contribution is -0.141. The lowest BCUT2D eigenvalue weighted by atomic mass is 10.1. The Morgan fingerprint density at radius 1 is 1.08 bits per heavy atom. The average molecular weight is 516 g/mol. The minimum Gasteiger partial charge on any atom is -0.465 e. The quantitative estimate of drug-likeness (QED) is 0.474. The molecule has 0 fully saturated rings. The number of carbonyl (C=O) groups is 2. The molecule has 4 rings (SSSR count). The van der Waals surface area contributed by atoms with Crippen LogP contribution in [-0.4, -0.2) is 49.4 Å². The summed E-state index contributed by atoms with van der Waals surface area (Å²) in [7, 11) is 5.11. The summed E-state index contributed by atoms with van der Waals surface area (Å²) in [5, 5.41) is 6.43. The van der Waals surface area contributed by atoms with E-state index in [-0.39, 0.29) is 12.4 Å². The summed E-state index contributed by atoms with van der Waals surface area (Å²) in [6.45, 7) is 2.67. The highest BCUT2D eigenvalue weighted by molar-refractivity contribution is 6.01. The Kier molecular flexibility index (Phi) is 7.15. The summed E-state index contributed by atoms with van der Waals surface area (Å²) in [5.41, 5.74) is 1.15. The van der Waals surface area contributed by atoms with E-state index in [0.29, 0.717) is 24.2 Å². The van der Waals surface area contributed by atoms with Crippen LogP contribution in [0.1, 0.15) is 50.5 Å². The molecule has 3 aromatic rings. The highest BCUT2D eigenvalue weighted by Gasteiger charge is 2.44. The number of hydrogen-bond acceptors (Lipinski definition) is 6. The second-order valence-electron chi connectivity index (χ2n) is 9.06. The van der Waals surface area contributed by atoms with Crippen molar-refractivity contribution in [2.45, 2.75) is 32.2 Å². The number of ether oxygens (including phenoxy) is 1. The molecule has 0 radical (unpaired) electrons. The van der Waals surface area contributed by atoms with Gasteiger partial charge in [0, 0.05) is 32.9 Å². The Labute approximate surface area is 212 Å². The summed E-state index contributed by atoms with van der Waals surface area (Å²) < 4.78 is 47.7. The van der Waals surface area contributed by atoms with Crippen molar-refractivity contribution in [2.75, 3.05) is 37.5 Å². The molecule has 8 nitrogen and oxygen atoms in total. The zero-order valence-electron chi connectivity index (χ0n) is 21.0. The van der Waals surface area contributed by atoms with E-state index < -0.39 is 35.4 Å². The molecule has 2 heterocycles. The number of aromatic nitrogens is 2. The summed E-state index contributed by atoms with van der Waals surface area (Å²) in [5.74, 6) is -1.23. The number of amides is 1. The van der Waals surface area contributed by atoms with Crippen molar-refractivity contribution in [3.63, 3.8) is 0 Å². The zero-order chi connectivity index (χ0) is 26.9. The van der Waals surface area contributed by atoms with E-state index in [9.17, 15) is 22.8 Å². The number of nitrogens with one attached hydrogen (secondary N) is 1. The predicted octanol–water partition coefficient (Wildman–Crippen LogP) is 4.27. The molecule has 1 N–H and O–H groups in total. The molecular weight excluding hydrogens is 487 g/mol. The smallest absolute Gasteiger partial charge is 0.436 e. The fraction of sp³-hybridized carbons (Fsp3) is 0.346. The van der Waals surface area contributed by atoms with Crippen LogP contribution in [0.5, 0.6) is 0 Å². The Bertz CT molecular complexity index is 1280. The molecule has 37 heavy (non-hydrogen) atoms. The molecule has 2 aromatic carbocycles. The number of esters is 1. The first-order chi connectivity index (χ1) is 17.5. The van der Waals surface area contributed by atoms with Gasteiger partial charge in [0.1, 0.15) is 11.4 Å². The number of nitrogens with zero attached hydrogens (tertiary/aromatic N) is 4. The maximum absolute atomic E-state index is 13.9. The van der Waals surface area contributed by atoms with Crippen molar-refractivity contribution in [1.29, 1.82) is 0 Å². The standard InChI is InChI=1S/C26H28F3N5O3/c1-16(18-7-9-19(10-8-18)25(36)37-4)30-23(35)21-22(26(27,28)29)31-34-14-13-33(24(21)34)15-17-5-11-20(12-6-17)32(2)3/h5-12,16H,13-15H2,1-4H3,(H,30,35)/t16-/m0/s1. The Morgan fingerprint density at radius 3 is 2.30 bits per heavy atom. The second kappa shape index (κ2) is 10.2. The second-order valence-corrected chi connectivity index (χ2v) is 9.06. The van der Waals surface area contributed by atoms with E-state index in [2.05, 4.69) is 15.2 Å². The summed E-state index contributed by atoms with van der Waals surface area (Å²) in [6.07, 6.45) is -4.80. The number of benzene rings is 2. The highest BCUT2D eigenvalue weighted by atomic mass is 19.4. The van der Waals surface area contributed by atoms with Gasteiger partial charge in [-0.2, -0.15) is 18.3 Å². The minimum atomic E-state index is -4.80. The molecule has 0 aliphatic carbocycles. The van der Waals surface area contributed by atoms with Crippen molar-refractivity contribution in [3.8, 4) is 0 Å². The summed E-state index contributed by atoms with van der Waals surface area (Å²) in [4.78, 5) is 28.6. The molecular formula is C26H28F3N5O3. The first-order valence-electron chi connectivity index (χ1n) is 11.7. The van der Waals surface area contributed by atoms with Gasteiger partial charge in [0.25, 0.3) is 5.91 Å². The molecule has 196 valence electrons. The molecule has 11 heteroatoms. The van der Waals surface area contributed by atoms with Crippen molar-refractivity contribution in [1.82, 2.24) is 15.1 Å². The molecule has 0 spiro atoms. The van der Waals surface area contributed by atoms with Crippen molar-refractivity contribution >= 4 is 23.4 Å². The predicted molar refractivity (Wildman–Crippen MR) is 133 cm³/mol. The van der Waals surface area contributed by atoms with Gasteiger partial charge in [-0.25, -0.2) is 9.48 Å². The van der Waals surface area contributed by atoms with Gasteiger partial charge in [-0.15, -0.1) is 0 Å². The van der Waals surface area contributed by atoms with E-state index in [1.807, 2.05) is 43.3 Å². The molecule has 0 saturated carbocycles. The Hall–Kier alpha value is -4.02. The number of carbonyl (C=O) groups excluding carboxylic acids is 2. The maximum Gasteiger partial charge on any atom is 0.436 e. The molecule has 0 saturated heterocycles. The third-order valence-corrected chi connectivity index (χ3v) is 6.31. The van der Waals surface area contributed by atoms with Crippen LogP contribution in [0.3, 0.4) is 0 Å². The zero-order valence-corrected chi connectivity index (χ0v) is 21.0. The molecule has 1 aliphatic rings.